The lowest BCUT2D eigenvalue weighted by Gasteiger charge is -2.37. The number of hydrogen-bond donors (Lipinski definition) is 1. The van der Waals surface area contributed by atoms with Crippen molar-refractivity contribution in [2.45, 2.75) is 25.7 Å². The quantitative estimate of drug-likeness (QED) is 0.858. The van der Waals surface area contributed by atoms with Gasteiger partial charge in [0.2, 0.25) is 5.91 Å². The van der Waals surface area contributed by atoms with Gasteiger partial charge in [-0.2, -0.15) is 13.2 Å². The van der Waals surface area contributed by atoms with E-state index in [1.165, 1.54) is 0 Å². The number of halogens is 3. The van der Waals surface area contributed by atoms with Crippen LogP contribution in [0.25, 0.3) is 0 Å². The fourth-order valence-electron chi connectivity index (χ4n) is 2.56. The van der Waals surface area contributed by atoms with Gasteiger partial charge >= 0.3 is 6.18 Å². The van der Waals surface area contributed by atoms with E-state index in [1.807, 2.05) is 28.0 Å². The molecule has 1 saturated heterocycles. The topological polar surface area (TPSA) is 53.4 Å². The maximum atomic E-state index is 12.1. The minimum Gasteiger partial charge on any atom is -0.346 e. The van der Waals surface area contributed by atoms with Gasteiger partial charge in [-0.15, -0.1) is 0 Å². The molecule has 0 saturated carbocycles. The molecular weight excluding hydrogens is 311 g/mol. The maximum Gasteiger partial charge on any atom is 0.405 e. The fourth-order valence-corrected chi connectivity index (χ4v) is 2.56. The average Bonchev–Trinajstić information content (AvgIpc) is 2.89. The zero-order valence-electron chi connectivity index (χ0n) is 13.3. The van der Waals surface area contributed by atoms with Gasteiger partial charge in [0.25, 0.3) is 0 Å². The van der Waals surface area contributed by atoms with Crippen LogP contribution in [0.2, 0.25) is 0 Å². The Balaban J connectivity index is 1.77. The number of nitrogens with zero attached hydrogens (tertiary/aromatic N) is 4. The van der Waals surface area contributed by atoms with Gasteiger partial charge in [-0.25, -0.2) is 4.98 Å². The first kappa shape index (κ1) is 17.7. The van der Waals surface area contributed by atoms with Crippen molar-refractivity contribution in [1.29, 1.82) is 0 Å². The summed E-state index contributed by atoms with van der Waals surface area (Å²) in [7, 11) is 1.94. The standard InChI is InChI=1S/C14H22F3N5O/c1-11(13(23)19-10-14(15,16)17)22-7-5-21(6-8-22)9-12-18-3-4-20(12)2/h3-4,11H,5-10H2,1-2H3,(H,19,23)/t11-/m1/s1. The highest BCUT2D eigenvalue weighted by Gasteiger charge is 2.31. The molecule has 0 radical (unpaired) electrons. The van der Waals surface area contributed by atoms with Crippen LogP contribution in [-0.2, 0) is 18.4 Å². The molecule has 1 aromatic heterocycles. The van der Waals surface area contributed by atoms with Crippen LogP contribution in [0.15, 0.2) is 12.4 Å². The van der Waals surface area contributed by atoms with Gasteiger partial charge in [-0.3, -0.25) is 14.6 Å². The third kappa shape index (κ3) is 5.21. The van der Waals surface area contributed by atoms with E-state index in [0.717, 1.165) is 25.5 Å². The number of aryl methyl sites for hydroxylation is 1. The predicted molar refractivity (Wildman–Crippen MR) is 78.6 cm³/mol. The molecule has 0 unspecified atom stereocenters. The monoisotopic (exact) mass is 333 g/mol. The average molecular weight is 333 g/mol. The molecule has 1 aliphatic heterocycles. The molecule has 1 aliphatic rings. The molecule has 0 aromatic carbocycles. The molecule has 0 bridgehead atoms. The van der Waals surface area contributed by atoms with Crippen molar-refractivity contribution in [3.8, 4) is 0 Å². The second-order valence-electron chi connectivity index (χ2n) is 5.78. The van der Waals surface area contributed by atoms with E-state index in [9.17, 15) is 18.0 Å². The summed E-state index contributed by atoms with van der Waals surface area (Å²) >= 11 is 0. The zero-order chi connectivity index (χ0) is 17.0. The van der Waals surface area contributed by atoms with E-state index in [4.69, 9.17) is 0 Å². The molecule has 0 spiro atoms. The van der Waals surface area contributed by atoms with Crippen LogP contribution in [0.3, 0.4) is 0 Å². The number of nitrogens with one attached hydrogen (secondary N) is 1. The zero-order valence-corrected chi connectivity index (χ0v) is 13.3. The number of imidazole rings is 1. The summed E-state index contributed by atoms with van der Waals surface area (Å²) in [5.41, 5.74) is 0. The number of carbonyl (C=O) groups excluding carboxylic acids is 1. The molecule has 1 N–H and O–H groups in total. The maximum absolute atomic E-state index is 12.1. The van der Waals surface area contributed by atoms with Crippen LogP contribution in [0.4, 0.5) is 13.2 Å². The summed E-state index contributed by atoms with van der Waals surface area (Å²) in [5.74, 6) is 0.384. The highest BCUT2D eigenvalue weighted by Crippen LogP contribution is 2.13. The van der Waals surface area contributed by atoms with Gasteiger partial charge in [0, 0.05) is 45.6 Å². The van der Waals surface area contributed by atoms with Crippen molar-refractivity contribution in [1.82, 2.24) is 24.7 Å². The highest BCUT2D eigenvalue weighted by molar-refractivity contribution is 5.81. The lowest BCUT2D eigenvalue weighted by molar-refractivity contribution is -0.141. The fraction of sp³-hybridized carbons (Fsp3) is 0.714. The number of alkyl halides is 3. The lowest BCUT2D eigenvalue weighted by atomic mass is 10.2. The molecule has 2 rings (SSSR count). The van der Waals surface area contributed by atoms with E-state index in [0.29, 0.717) is 13.1 Å². The molecule has 2 heterocycles. The number of rotatable bonds is 5. The van der Waals surface area contributed by atoms with Crippen molar-refractivity contribution in [3.05, 3.63) is 18.2 Å². The Labute approximate surface area is 133 Å². The molecule has 1 atom stereocenters. The van der Waals surface area contributed by atoms with E-state index in [2.05, 4.69) is 9.88 Å². The van der Waals surface area contributed by atoms with E-state index >= 15 is 0 Å². The lowest BCUT2D eigenvalue weighted by Crippen LogP contribution is -2.54. The van der Waals surface area contributed by atoms with Gasteiger partial charge in [0.15, 0.2) is 0 Å². The Morgan fingerprint density at radius 2 is 2.00 bits per heavy atom. The summed E-state index contributed by atoms with van der Waals surface area (Å²) in [4.78, 5) is 20.2. The Kier molecular flexibility index (Phi) is 5.64. The summed E-state index contributed by atoms with van der Waals surface area (Å²) in [6, 6.07) is -0.562. The molecule has 1 fully saturated rings. The molecule has 6 nitrogen and oxygen atoms in total. The van der Waals surface area contributed by atoms with Gasteiger partial charge in [0.05, 0.1) is 12.6 Å². The smallest absolute Gasteiger partial charge is 0.346 e. The number of amides is 1. The molecule has 130 valence electrons. The first-order valence-corrected chi connectivity index (χ1v) is 7.53. The van der Waals surface area contributed by atoms with Gasteiger partial charge in [-0.05, 0) is 6.92 Å². The summed E-state index contributed by atoms with van der Waals surface area (Å²) in [6.07, 6.45) is -0.743. The van der Waals surface area contributed by atoms with Crippen LogP contribution >= 0.6 is 0 Å². The molecular formula is C14H22F3N5O. The van der Waals surface area contributed by atoms with E-state index in [1.54, 1.807) is 13.1 Å². The normalized spacial score (nSPS) is 18.8. The largest absolute Gasteiger partial charge is 0.405 e. The van der Waals surface area contributed by atoms with Gasteiger partial charge in [0.1, 0.15) is 12.4 Å². The Morgan fingerprint density at radius 3 is 2.52 bits per heavy atom. The van der Waals surface area contributed by atoms with Crippen LogP contribution in [0.1, 0.15) is 12.7 Å². The van der Waals surface area contributed by atoms with E-state index < -0.39 is 24.7 Å². The van der Waals surface area contributed by atoms with Crippen molar-refractivity contribution in [2.75, 3.05) is 32.7 Å². The highest BCUT2D eigenvalue weighted by atomic mass is 19.4. The SMILES string of the molecule is C[C@H](C(=O)NCC(F)(F)F)N1CCN(Cc2nccn2C)CC1. The molecule has 1 amide bonds. The second kappa shape index (κ2) is 7.31. The number of hydrogen-bond acceptors (Lipinski definition) is 4. The molecule has 0 aliphatic carbocycles. The van der Waals surface area contributed by atoms with Crippen LogP contribution in [0.5, 0.6) is 0 Å². The van der Waals surface area contributed by atoms with Crippen LogP contribution in [0, 0.1) is 0 Å². The van der Waals surface area contributed by atoms with Crippen LogP contribution in [-0.4, -0.2) is 70.2 Å². The number of carbonyl (C=O) groups is 1. The number of aromatic nitrogens is 2. The Hall–Kier alpha value is -1.61. The molecule has 23 heavy (non-hydrogen) atoms. The number of piperazine rings is 1. The van der Waals surface area contributed by atoms with Gasteiger partial charge in [-0.1, -0.05) is 0 Å². The Bertz CT molecular complexity index is 523. The first-order valence-electron chi connectivity index (χ1n) is 7.53. The van der Waals surface area contributed by atoms with Crippen molar-refractivity contribution in [2.24, 2.45) is 7.05 Å². The third-order valence-electron chi connectivity index (χ3n) is 4.08. The van der Waals surface area contributed by atoms with Crippen molar-refractivity contribution >= 4 is 5.91 Å². The van der Waals surface area contributed by atoms with Crippen molar-refractivity contribution < 1.29 is 18.0 Å². The minimum atomic E-state index is -4.38. The molecule has 9 heteroatoms. The summed E-state index contributed by atoms with van der Waals surface area (Å²) in [5, 5.41) is 1.94. The predicted octanol–water partition coefficient (Wildman–Crippen LogP) is 0.605. The van der Waals surface area contributed by atoms with Crippen molar-refractivity contribution in [3.63, 3.8) is 0 Å². The second-order valence-corrected chi connectivity index (χ2v) is 5.78. The molecule has 1 aromatic rings. The van der Waals surface area contributed by atoms with Gasteiger partial charge < -0.3 is 9.88 Å². The first-order chi connectivity index (χ1) is 10.8. The summed E-state index contributed by atoms with van der Waals surface area (Å²) < 4.78 is 38.4. The third-order valence-corrected chi connectivity index (χ3v) is 4.08. The Morgan fingerprint density at radius 1 is 1.35 bits per heavy atom. The van der Waals surface area contributed by atoms with Crippen LogP contribution < -0.4 is 5.32 Å². The van der Waals surface area contributed by atoms with E-state index in [-0.39, 0.29) is 0 Å². The minimum absolute atomic E-state index is 0.562. The summed E-state index contributed by atoms with van der Waals surface area (Å²) in [6.45, 7) is 3.88.